The Morgan fingerprint density at radius 2 is 1.61 bits per heavy atom. The van der Waals surface area contributed by atoms with E-state index in [2.05, 4.69) is 5.32 Å². The van der Waals surface area contributed by atoms with Crippen LogP contribution in [0.25, 0.3) is 11.1 Å². The molecule has 4 aromatic rings. The van der Waals surface area contributed by atoms with E-state index in [1.54, 1.807) is 30.3 Å². The number of anilines is 1. The van der Waals surface area contributed by atoms with Crippen LogP contribution in [-0.2, 0) is 34.0 Å². The number of carbonyl (C=O) groups excluding carboxylic acids is 1. The first-order valence-corrected chi connectivity index (χ1v) is 13.8. The largest absolute Gasteiger partial charge is 0.416 e. The number of para-hydroxylation sites is 2. The standard InChI is InChI=1S/C29H22F3N3O5S/c30-29(31,32)23-9-5-8-20(16-23)19-12-14-24(15-13-19)41(39,40)34-25-10-3-1-6-21(25)17-27(34)28(36)33-18-22-7-2-4-11-26(22)35(37)38/h1-16,27H,17-18H2,(H,33,36)/t27-/m0/s1. The lowest BCUT2D eigenvalue weighted by Gasteiger charge is -2.26. The van der Waals surface area contributed by atoms with Crippen molar-refractivity contribution in [3.63, 3.8) is 0 Å². The van der Waals surface area contributed by atoms with Crippen LogP contribution >= 0.6 is 0 Å². The summed E-state index contributed by atoms with van der Waals surface area (Å²) in [6.45, 7) is -0.178. The van der Waals surface area contributed by atoms with Crippen LogP contribution in [0, 0.1) is 10.1 Å². The van der Waals surface area contributed by atoms with Crippen LogP contribution in [0.15, 0.2) is 102 Å². The van der Waals surface area contributed by atoms with Gasteiger partial charge in [-0.3, -0.25) is 19.2 Å². The lowest BCUT2D eigenvalue weighted by Crippen LogP contribution is -2.47. The highest BCUT2D eigenvalue weighted by Gasteiger charge is 2.42. The summed E-state index contributed by atoms with van der Waals surface area (Å²) in [5.74, 6) is -0.636. The van der Waals surface area contributed by atoms with Crippen LogP contribution in [-0.4, -0.2) is 25.3 Å². The number of amides is 1. The summed E-state index contributed by atoms with van der Waals surface area (Å²) in [5, 5.41) is 14.0. The van der Waals surface area contributed by atoms with Gasteiger partial charge in [-0.2, -0.15) is 13.2 Å². The zero-order valence-corrected chi connectivity index (χ0v) is 22.0. The summed E-state index contributed by atoms with van der Waals surface area (Å²) in [5.41, 5.74) is 0.866. The molecule has 1 amide bonds. The zero-order valence-electron chi connectivity index (χ0n) is 21.2. The van der Waals surface area contributed by atoms with Gasteiger partial charge in [0.2, 0.25) is 5.91 Å². The number of nitrogens with zero attached hydrogens (tertiary/aromatic N) is 2. The molecule has 210 valence electrons. The molecular weight excluding hydrogens is 559 g/mol. The molecule has 1 atom stereocenters. The van der Waals surface area contributed by atoms with Crippen molar-refractivity contribution in [2.45, 2.75) is 30.1 Å². The van der Waals surface area contributed by atoms with Gasteiger partial charge < -0.3 is 5.32 Å². The summed E-state index contributed by atoms with van der Waals surface area (Å²) in [7, 11) is -4.30. The molecule has 5 rings (SSSR count). The van der Waals surface area contributed by atoms with Crippen LogP contribution in [0.3, 0.4) is 0 Å². The number of carbonyl (C=O) groups is 1. The average molecular weight is 582 g/mol. The van der Waals surface area contributed by atoms with Crippen molar-refractivity contribution < 1.29 is 31.3 Å². The Balaban J connectivity index is 1.44. The number of nitro groups is 1. The second kappa shape index (κ2) is 10.7. The number of hydrogen-bond donors (Lipinski definition) is 1. The maximum atomic E-state index is 13.9. The second-order valence-corrected chi connectivity index (χ2v) is 11.2. The normalized spacial score (nSPS) is 14.9. The number of nitro benzene ring substituents is 1. The molecule has 0 spiro atoms. The summed E-state index contributed by atoms with van der Waals surface area (Å²) in [6.07, 6.45) is -4.44. The van der Waals surface area contributed by atoms with Gasteiger partial charge in [0.15, 0.2) is 0 Å². The molecule has 0 aromatic heterocycles. The maximum absolute atomic E-state index is 13.9. The van der Waals surface area contributed by atoms with Gasteiger partial charge in [0.25, 0.3) is 15.7 Å². The van der Waals surface area contributed by atoms with Crippen LogP contribution in [0.2, 0.25) is 0 Å². The molecule has 41 heavy (non-hydrogen) atoms. The smallest absolute Gasteiger partial charge is 0.350 e. The third-order valence-corrected chi connectivity index (χ3v) is 8.64. The molecule has 4 aromatic carbocycles. The summed E-state index contributed by atoms with van der Waals surface area (Å²) in [6, 6.07) is 21.5. The first-order chi connectivity index (χ1) is 19.5. The number of hydrogen-bond acceptors (Lipinski definition) is 5. The number of rotatable bonds is 7. The quantitative estimate of drug-likeness (QED) is 0.222. The molecule has 0 fully saturated rings. The van der Waals surface area contributed by atoms with E-state index in [0.717, 1.165) is 16.4 Å². The first kappa shape index (κ1) is 27.8. The van der Waals surface area contributed by atoms with Crippen molar-refractivity contribution in [1.29, 1.82) is 0 Å². The highest BCUT2D eigenvalue weighted by molar-refractivity contribution is 7.93. The van der Waals surface area contributed by atoms with Crippen molar-refractivity contribution >= 4 is 27.3 Å². The molecule has 0 aliphatic carbocycles. The Morgan fingerprint density at radius 1 is 0.927 bits per heavy atom. The molecule has 0 radical (unpaired) electrons. The van der Waals surface area contributed by atoms with Gasteiger partial charge in [-0.25, -0.2) is 8.42 Å². The molecule has 8 nitrogen and oxygen atoms in total. The third kappa shape index (κ3) is 5.50. The van der Waals surface area contributed by atoms with Crippen LogP contribution < -0.4 is 9.62 Å². The van der Waals surface area contributed by atoms with Gasteiger partial charge in [0, 0.05) is 24.6 Å². The molecule has 1 heterocycles. The van der Waals surface area contributed by atoms with Crippen LogP contribution in [0.5, 0.6) is 0 Å². The molecule has 0 saturated heterocycles. The number of sulfonamides is 1. The minimum absolute atomic E-state index is 0.0838. The van der Waals surface area contributed by atoms with E-state index in [-0.39, 0.29) is 34.7 Å². The molecule has 0 bridgehead atoms. The summed E-state index contributed by atoms with van der Waals surface area (Å²) >= 11 is 0. The summed E-state index contributed by atoms with van der Waals surface area (Å²) in [4.78, 5) is 24.0. The Morgan fingerprint density at radius 3 is 2.32 bits per heavy atom. The fourth-order valence-corrected chi connectivity index (χ4v) is 6.45. The highest BCUT2D eigenvalue weighted by atomic mass is 32.2. The number of fused-ring (bicyclic) bond motifs is 1. The number of alkyl halides is 3. The lowest BCUT2D eigenvalue weighted by atomic mass is 10.0. The van der Waals surface area contributed by atoms with E-state index in [0.29, 0.717) is 16.8 Å². The van der Waals surface area contributed by atoms with E-state index in [1.807, 2.05) is 0 Å². The molecular formula is C29H22F3N3O5S. The Kier molecular flexibility index (Phi) is 7.26. The molecule has 1 aliphatic rings. The van der Waals surface area contributed by atoms with Crippen LogP contribution in [0.1, 0.15) is 16.7 Å². The fourth-order valence-electron chi connectivity index (χ4n) is 4.80. The SMILES string of the molecule is O=C(NCc1ccccc1[N+](=O)[O-])[C@@H]1Cc2ccccc2N1S(=O)(=O)c1ccc(-c2cccc(C(F)(F)F)c2)cc1. The zero-order chi connectivity index (χ0) is 29.4. The minimum atomic E-state index is -4.52. The van der Waals surface area contributed by atoms with Gasteiger partial charge in [0.1, 0.15) is 6.04 Å². The Labute approximate surface area is 233 Å². The molecule has 1 aliphatic heterocycles. The Hall–Kier alpha value is -4.71. The maximum Gasteiger partial charge on any atom is 0.416 e. The van der Waals surface area contributed by atoms with Gasteiger partial charge in [-0.05, 0) is 47.0 Å². The van der Waals surface area contributed by atoms with Crippen molar-refractivity contribution in [3.8, 4) is 11.1 Å². The van der Waals surface area contributed by atoms with Gasteiger partial charge in [-0.1, -0.05) is 60.7 Å². The minimum Gasteiger partial charge on any atom is -0.350 e. The van der Waals surface area contributed by atoms with Crippen molar-refractivity contribution in [1.82, 2.24) is 5.32 Å². The van der Waals surface area contributed by atoms with Gasteiger partial charge in [-0.15, -0.1) is 0 Å². The topological polar surface area (TPSA) is 110 Å². The summed E-state index contributed by atoms with van der Waals surface area (Å²) < 4.78 is 68.2. The highest BCUT2D eigenvalue weighted by Crippen LogP contribution is 2.38. The van der Waals surface area contributed by atoms with Gasteiger partial charge in [0.05, 0.1) is 21.1 Å². The molecule has 1 N–H and O–H groups in total. The monoisotopic (exact) mass is 581 g/mol. The van der Waals surface area contributed by atoms with E-state index in [4.69, 9.17) is 0 Å². The number of nitrogens with one attached hydrogen (secondary N) is 1. The lowest BCUT2D eigenvalue weighted by molar-refractivity contribution is -0.385. The van der Waals surface area contributed by atoms with Crippen LogP contribution in [0.4, 0.5) is 24.5 Å². The van der Waals surface area contributed by atoms with Crippen molar-refractivity contribution in [2.75, 3.05) is 4.31 Å². The predicted molar refractivity (Wildman–Crippen MR) is 145 cm³/mol. The van der Waals surface area contributed by atoms with Crippen molar-refractivity contribution in [2.24, 2.45) is 0 Å². The van der Waals surface area contributed by atoms with E-state index < -0.39 is 38.6 Å². The van der Waals surface area contributed by atoms with E-state index in [1.165, 1.54) is 54.6 Å². The fraction of sp³-hybridized carbons (Fsp3) is 0.138. The average Bonchev–Trinajstić information content (AvgIpc) is 3.36. The first-order valence-electron chi connectivity index (χ1n) is 12.4. The number of halogens is 3. The molecule has 0 saturated carbocycles. The number of benzene rings is 4. The Bertz CT molecular complexity index is 1740. The predicted octanol–water partition coefficient (Wildman–Crippen LogP) is 5.72. The van der Waals surface area contributed by atoms with E-state index >= 15 is 0 Å². The molecule has 0 unspecified atom stereocenters. The third-order valence-electron chi connectivity index (χ3n) is 6.80. The molecule has 12 heteroatoms. The second-order valence-electron chi connectivity index (χ2n) is 9.36. The van der Waals surface area contributed by atoms with E-state index in [9.17, 15) is 36.5 Å². The van der Waals surface area contributed by atoms with Crippen molar-refractivity contribution in [3.05, 3.63) is 124 Å². The van der Waals surface area contributed by atoms with Gasteiger partial charge >= 0.3 is 6.18 Å².